The molecule has 0 atom stereocenters. The Labute approximate surface area is 225 Å². The SMILES string of the molecule is [B]N(CCC)CCN(CCN([B])CCN)CCN(CCN(CCC)CCN)CCN(CCN)CCN. The Morgan fingerprint density at radius 1 is 0.361 bits per heavy atom. The molecular formula is C24H58B2N10. The summed E-state index contributed by atoms with van der Waals surface area (Å²) in [5, 5.41) is 0. The van der Waals surface area contributed by atoms with Crippen molar-refractivity contribution in [3.8, 4) is 0 Å². The first kappa shape index (κ1) is 35.7. The van der Waals surface area contributed by atoms with Crippen molar-refractivity contribution in [3.05, 3.63) is 0 Å². The van der Waals surface area contributed by atoms with Crippen LogP contribution in [0.3, 0.4) is 0 Å². The summed E-state index contributed by atoms with van der Waals surface area (Å²) in [6, 6.07) is 0. The Morgan fingerprint density at radius 3 is 0.972 bits per heavy atom. The predicted molar refractivity (Wildman–Crippen MR) is 157 cm³/mol. The predicted octanol–water partition coefficient (Wildman–Crippen LogP) is -2.38. The van der Waals surface area contributed by atoms with Gasteiger partial charge in [-0.3, -0.25) is 14.7 Å². The van der Waals surface area contributed by atoms with Crippen molar-refractivity contribution in [1.29, 1.82) is 0 Å². The minimum atomic E-state index is 0.566. The van der Waals surface area contributed by atoms with Crippen LogP contribution in [0.25, 0.3) is 0 Å². The molecule has 0 unspecified atom stereocenters. The van der Waals surface area contributed by atoms with E-state index in [2.05, 4.69) is 33.4 Å². The highest BCUT2D eigenvalue weighted by Gasteiger charge is 2.14. The average molecular weight is 508 g/mol. The highest BCUT2D eigenvalue weighted by atomic mass is 15.3. The molecule has 0 spiro atoms. The summed E-state index contributed by atoms with van der Waals surface area (Å²) < 4.78 is 0. The number of hydrogen-bond donors (Lipinski definition) is 4. The van der Waals surface area contributed by atoms with E-state index in [1.807, 2.05) is 9.62 Å². The molecule has 0 saturated carbocycles. The Morgan fingerprint density at radius 2 is 0.639 bits per heavy atom. The highest BCUT2D eigenvalue weighted by molar-refractivity contribution is 6.04. The van der Waals surface area contributed by atoms with E-state index in [9.17, 15) is 0 Å². The van der Waals surface area contributed by atoms with Crippen LogP contribution in [0.1, 0.15) is 26.7 Å². The van der Waals surface area contributed by atoms with Crippen LogP contribution < -0.4 is 22.9 Å². The summed E-state index contributed by atoms with van der Waals surface area (Å²) in [5.41, 5.74) is 23.2. The Bertz CT molecular complexity index is 419. The van der Waals surface area contributed by atoms with Crippen molar-refractivity contribution in [2.45, 2.75) is 26.7 Å². The van der Waals surface area contributed by atoms with E-state index in [4.69, 9.17) is 38.9 Å². The molecule has 0 fully saturated rings. The second-order valence-corrected chi connectivity index (χ2v) is 9.59. The first-order valence-electron chi connectivity index (χ1n) is 14.1. The first-order chi connectivity index (χ1) is 17.4. The summed E-state index contributed by atoms with van der Waals surface area (Å²) in [6.45, 7) is 21.7. The molecule has 12 heteroatoms. The molecule has 0 aliphatic heterocycles. The van der Waals surface area contributed by atoms with Gasteiger partial charge in [0.25, 0.3) is 0 Å². The molecule has 0 aliphatic rings. The third-order valence-electron chi connectivity index (χ3n) is 6.41. The van der Waals surface area contributed by atoms with E-state index in [0.29, 0.717) is 32.7 Å². The topological polar surface area (TPSA) is 124 Å². The fourth-order valence-electron chi connectivity index (χ4n) is 4.27. The van der Waals surface area contributed by atoms with Crippen LogP contribution in [0.2, 0.25) is 0 Å². The molecule has 0 aliphatic carbocycles. The molecule has 0 heterocycles. The second-order valence-electron chi connectivity index (χ2n) is 9.59. The molecule has 0 rings (SSSR count). The smallest absolute Gasteiger partial charge is 0.182 e. The van der Waals surface area contributed by atoms with E-state index in [-0.39, 0.29) is 0 Å². The lowest BCUT2D eigenvalue weighted by atomic mass is 10.2. The lowest BCUT2D eigenvalue weighted by Gasteiger charge is -2.33. The van der Waals surface area contributed by atoms with Crippen molar-refractivity contribution in [1.82, 2.24) is 29.2 Å². The van der Waals surface area contributed by atoms with Crippen LogP contribution in [0.5, 0.6) is 0 Å². The molecule has 0 aromatic heterocycles. The van der Waals surface area contributed by atoms with Gasteiger partial charge < -0.3 is 37.5 Å². The second kappa shape index (κ2) is 25.0. The molecule has 0 aromatic carbocycles. The van der Waals surface area contributed by atoms with Gasteiger partial charge in [0.1, 0.15) is 0 Å². The Kier molecular flexibility index (Phi) is 24.8. The summed E-state index contributed by atoms with van der Waals surface area (Å²) >= 11 is 0. The van der Waals surface area contributed by atoms with E-state index < -0.39 is 0 Å². The van der Waals surface area contributed by atoms with Crippen LogP contribution >= 0.6 is 0 Å². The fourth-order valence-corrected chi connectivity index (χ4v) is 4.27. The van der Waals surface area contributed by atoms with E-state index in [1.165, 1.54) is 0 Å². The fraction of sp³-hybridized carbons (Fsp3) is 1.00. The van der Waals surface area contributed by atoms with Gasteiger partial charge in [0.2, 0.25) is 0 Å². The molecule has 0 amide bonds. The molecule has 8 N–H and O–H groups in total. The normalized spacial score (nSPS) is 12.4. The van der Waals surface area contributed by atoms with Crippen molar-refractivity contribution >= 4 is 16.0 Å². The molecular weight excluding hydrogens is 450 g/mol. The maximum absolute atomic E-state index is 6.17. The monoisotopic (exact) mass is 509 g/mol. The molecule has 10 nitrogen and oxygen atoms in total. The van der Waals surface area contributed by atoms with Gasteiger partial charge in [0.15, 0.2) is 16.0 Å². The van der Waals surface area contributed by atoms with Gasteiger partial charge >= 0.3 is 0 Å². The van der Waals surface area contributed by atoms with Gasteiger partial charge in [-0.1, -0.05) is 13.8 Å². The van der Waals surface area contributed by atoms with Crippen molar-refractivity contribution in [2.24, 2.45) is 22.9 Å². The molecule has 0 saturated heterocycles. The van der Waals surface area contributed by atoms with E-state index in [0.717, 1.165) is 111 Å². The van der Waals surface area contributed by atoms with Gasteiger partial charge in [-0.25, -0.2) is 0 Å². The quantitative estimate of drug-likeness (QED) is 0.0895. The average Bonchev–Trinajstić information content (AvgIpc) is 2.85. The maximum atomic E-state index is 6.17. The minimum absolute atomic E-state index is 0.566. The number of hydrogen-bond acceptors (Lipinski definition) is 10. The van der Waals surface area contributed by atoms with Crippen LogP contribution in [0, 0.1) is 0 Å². The molecule has 210 valence electrons. The van der Waals surface area contributed by atoms with Crippen LogP contribution in [-0.2, 0) is 0 Å². The highest BCUT2D eigenvalue weighted by Crippen LogP contribution is 2.00. The standard InChI is InChI=1S/C24H58B2N10/c1-3-9-31(11-5-27)15-17-33(18-16-32(12-6-28)13-7-29)19-20-34(21-23-35(25)10-4-2)22-24-36(26)14-8-30/h3-24,27-30H2,1-2H3. The van der Waals surface area contributed by atoms with Gasteiger partial charge in [-0.15, -0.1) is 0 Å². The van der Waals surface area contributed by atoms with Gasteiger partial charge in [-0.05, 0) is 45.6 Å². The van der Waals surface area contributed by atoms with Crippen molar-refractivity contribution in [3.63, 3.8) is 0 Å². The van der Waals surface area contributed by atoms with Gasteiger partial charge in [-0.2, -0.15) is 0 Å². The summed E-state index contributed by atoms with van der Waals surface area (Å²) in [4.78, 5) is 13.6. The lowest BCUT2D eigenvalue weighted by molar-refractivity contribution is 0.152. The number of nitrogens with zero attached hydrogens (tertiary/aromatic N) is 6. The first-order valence-corrected chi connectivity index (χ1v) is 14.1. The van der Waals surface area contributed by atoms with Crippen LogP contribution in [0.4, 0.5) is 0 Å². The van der Waals surface area contributed by atoms with E-state index >= 15 is 0 Å². The summed E-state index contributed by atoms with van der Waals surface area (Å²) in [7, 11) is 12.3. The third-order valence-corrected chi connectivity index (χ3v) is 6.41. The van der Waals surface area contributed by atoms with Crippen molar-refractivity contribution < 1.29 is 0 Å². The number of nitrogens with two attached hydrogens (primary N) is 4. The molecule has 0 bridgehead atoms. The van der Waals surface area contributed by atoms with Crippen LogP contribution in [-0.4, -0.2) is 176 Å². The zero-order chi connectivity index (χ0) is 27.0. The van der Waals surface area contributed by atoms with Gasteiger partial charge in [0, 0.05) is 98.2 Å². The zero-order valence-electron chi connectivity index (χ0n) is 23.7. The summed E-state index contributed by atoms with van der Waals surface area (Å²) in [6.07, 6.45) is 2.19. The van der Waals surface area contributed by atoms with Crippen LogP contribution in [0.15, 0.2) is 0 Å². The maximum Gasteiger partial charge on any atom is 0.182 e. The number of rotatable bonds is 27. The zero-order valence-corrected chi connectivity index (χ0v) is 23.7. The molecule has 0 aromatic rings. The van der Waals surface area contributed by atoms with Gasteiger partial charge in [0.05, 0.1) is 0 Å². The third kappa shape index (κ3) is 19.8. The lowest BCUT2D eigenvalue weighted by Crippen LogP contribution is -2.47. The molecule has 36 heavy (non-hydrogen) atoms. The largest absolute Gasteiger partial charge is 0.352 e. The Balaban J connectivity index is 5.14. The Hall–Kier alpha value is -0.270. The molecule has 4 radical (unpaired) electrons. The van der Waals surface area contributed by atoms with E-state index in [1.54, 1.807) is 0 Å². The summed E-state index contributed by atoms with van der Waals surface area (Å²) in [5.74, 6) is 0. The minimum Gasteiger partial charge on any atom is -0.352 e. The van der Waals surface area contributed by atoms with Crippen molar-refractivity contribution in [2.75, 3.05) is 131 Å².